The van der Waals surface area contributed by atoms with Gasteiger partial charge in [-0.25, -0.2) is 4.39 Å². The molecular formula is C13H15FS. The zero-order valence-electron chi connectivity index (χ0n) is 9.25. The molecule has 15 heavy (non-hydrogen) atoms. The lowest BCUT2D eigenvalue weighted by atomic mass is 10.1. The normalized spacial score (nSPS) is 9.33. The predicted octanol–water partition coefficient (Wildman–Crippen LogP) is 4.89. The first kappa shape index (κ1) is 11.9. The third kappa shape index (κ3) is 2.90. The molecule has 0 nitrogen and oxygen atoms in total. The molecule has 0 aliphatic rings. The number of halogens is 1. The summed E-state index contributed by atoms with van der Waals surface area (Å²) in [4.78, 5) is 1.19. The van der Waals surface area contributed by atoms with Crippen molar-refractivity contribution >= 4 is 11.3 Å². The van der Waals surface area contributed by atoms with Gasteiger partial charge in [-0.1, -0.05) is 26.0 Å². The summed E-state index contributed by atoms with van der Waals surface area (Å²) in [6.07, 6.45) is 0. The van der Waals surface area contributed by atoms with Gasteiger partial charge in [-0.05, 0) is 41.6 Å². The van der Waals surface area contributed by atoms with Crippen LogP contribution in [0.5, 0.6) is 0 Å². The predicted molar refractivity (Wildman–Crippen MR) is 65.8 cm³/mol. The van der Waals surface area contributed by atoms with Gasteiger partial charge < -0.3 is 0 Å². The van der Waals surface area contributed by atoms with Gasteiger partial charge in [0, 0.05) is 4.88 Å². The van der Waals surface area contributed by atoms with Crippen LogP contribution in [0.4, 0.5) is 4.39 Å². The van der Waals surface area contributed by atoms with Crippen molar-refractivity contribution in [2.75, 3.05) is 0 Å². The molecular weight excluding hydrogens is 207 g/mol. The van der Waals surface area contributed by atoms with Crippen LogP contribution < -0.4 is 0 Å². The van der Waals surface area contributed by atoms with E-state index in [0.29, 0.717) is 0 Å². The average Bonchev–Trinajstić information content (AvgIpc) is 2.74. The number of aryl methyl sites for hydroxylation is 1. The maximum atomic E-state index is 12.8. The zero-order valence-corrected chi connectivity index (χ0v) is 10.1. The van der Waals surface area contributed by atoms with Gasteiger partial charge >= 0.3 is 0 Å². The molecule has 0 fully saturated rings. The van der Waals surface area contributed by atoms with E-state index in [1.54, 1.807) is 17.4 Å². The maximum Gasteiger partial charge on any atom is 0.123 e. The molecule has 0 aliphatic carbocycles. The van der Waals surface area contributed by atoms with Gasteiger partial charge in [-0.3, -0.25) is 0 Å². The number of benzene rings is 1. The highest BCUT2D eigenvalue weighted by atomic mass is 32.1. The minimum Gasteiger partial charge on any atom is -0.207 e. The highest BCUT2D eigenvalue weighted by molar-refractivity contribution is 7.13. The molecule has 1 aromatic heterocycles. The van der Waals surface area contributed by atoms with Crippen LogP contribution in [-0.4, -0.2) is 0 Å². The van der Waals surface area contributed by atoms with Crippen LogP contribution in [0.3, 0.4) is 0 Å². The second-order valence-corrected chi connectivity index (χ2v) is 3.88. The minimum absolute atomic E-state index is 0.169. The number of hydrogen-bond donors (Lipinski definition) is 0. The second kappa shape index (κ2) is 5.66. The van der Waals surface area contributed by atoms with Gasteiger partial charge in [-0.2, -0.15) is 0 Å². The van der Waals surface area contributed by atoms with E-state index in [2.05, 4.69) is 0 Å². The largest absolute Gasteiger partial charge is 0.207 e. The summed E-state index contributed by atoms with van der Waals surface area (Å²) in [6.45, 7) is 5.93. The van der Waals surface area contributed by atoms with E-state index in [1.807, 2.05) is 44.4 Å². The molecule has 0 radical (unpaired) electrons. The Morgan fingerprint density at radius 1 is 1.13 bits per heavy atom. The molecule has 1 heterocycles. The van der Waals surface area contributed by atoms with Crippen molar-refractivity contribution in [2.24, 2.45) is 0 Å². The molecule has 0 unspecified atom stereocenters. The fourth-order valence-corrected chi connectivity index (χ4v) is 2.15. The highest BCUT2D eigenvalue weighted by Gasteiger charge is 2.02. The molecule has 0 saturated heterocycles. The zero-order chi connectivity index (χ0) is 11.3. The van der Waals surface area contributed by atoms with Crippen molar-refractivity contribution in [1.29, 1.82) is 0 Å². The summed E-state index contributed by atoms with van der Waals surface area (Å²) in [5, 5.41) is 2.03. The first-order valence-electron chi connectivity index (χ1n) is 5.07. The van der Waals surface area contributed by atoms with Crippen LogP contribution in [-0.2, 0) is 0 Å². The summed E-state index contributed by atoms with van der Waals surface area (Å²) in [5.74, 6) is -0.169. The van der Waals surface area contributed by atoms with Gasteiger partial charge in [0.15, 0.2) is 0 Å². The molecule has 0 N–H and O–H groups in total. The molecule has 2 rings (SSSR count). The van der Waals surface area contributed by atoms with Gasteiger partial charge in [0.1, 0.15) is 5.82 Å². The molecule has 0 bridgehead atoms. The van der Waals surface area contributed by atoms with E-state index < -0.39 is 0 Å². The molecule has 0 atom stereocenters. The van der Waals surface area contributed by atoms with Crippen LogP contribution in [0.25, 0.3) is 10.4 Å². The molecule has 0 saturated carbocycles. The van der Waals surface area contributed by atoms with E-state index in [4.69, 9.17) is 0 Å². The Balaban J connectivity index is 0.000000531. The Bertz CT molecular complexity index is 404. The summed E-state index contributed by atoms with van der Waals surface area (Å²) in [7, 11) is 0. The average molecular weight is 222 g/mol. The highest BCUT2D eigenvalue weighted by Crippen LogP contribution is 2.27. The van der Waals surface area contributed by atoms with Crippen LogP contribution in [0.2, 0.25) is 0 Å². The van der Waals surface area contributed by atoms with Crippen LogP contribution in [0.1, 0.15) is 19.4 Å². The van der Waals surface area contributed by atoms with Gasteiger partial charge in [0.2, 0.25) is 0 Å². The Kier molecular flexibility index (Phi) is 4.50. The van der Waals surface area contributed by atoms with E-state index in [-0.39, 0.29) is 5.82 Å². The van der Waals surface area contributed by atoms with E-state index in [9.17, 15) is 4.39 Å². The maximum absolute atomic E-state index is 12.8. The first-order chi connectivity index (χ1) is 7.27. The van der Waals surface area contributed by atoms with Crippen LogP contribution in [0, 0.1) is 12.7 Å². The van der Waals surface area contributed by atoms with E-state index in [1.165, 1.54) is 10.9 Å². The van der Waals surface area contributed by atoms with Crippen LogP contribution in [0.15, 0.2) is 35.7 Å². The Labute approximate surface area is 94.4 Å². The molecule has 1 aromatic carbocycles. The number of hydrogen-bond acceptors (Lipinski definition) is 1. The molecule has 80 valence electrons. The van der Waals surface area contributed by atoms with Gasteiger partial charge in [0.25, 0.3) is 0 Å². The SMILES string of the molecule is CC.Cc1cc(F)ccc1-c1cccs1. The topological polar surface area (TPSA) is 0 Å². The fourth-order valence-electron chi connectivity index (χ4n) is 1.34. The molecule has 0 spiro atoms. The van der Waals surface area contributed by atoms with Crippen molar-refractivity contribution < 1.29 is 4.39 Å². The minimum atomic E-state index is -0.169. The lowest BCUT2D eigenvalue weighted by Gasteiger charge is -2.02. The Morgan fingerprint density at radius 2 is 1.87 bits per heavy atom. The summed E-state index contributed by atoms with van der Waals surface area (Å²) >= 11 is 1.67. The third-order valence-electron chi connectivity index (χ3n) is 1.98. The quantitative estimate of drug-likeness (QED) is 0.644. The van der Waals surface area contributed by atoms with E-state index >= 15 is 0 Å². The molecule has 0 aliphatic heterocycles. The third-order valence-corrected chi connectivity index (χ3v) is 2.88. The summed E-state index contributed by atoms with van der Waals surface area (Å²) < 4.78 is 12.8. The summed E-state index contributed by atoms with van der Waals surface area (Å²) in [5.41, 5.74) is 2.11. The standard InChI is InChI=1S/C11H9FS.C2H6/c1-8-7-9(12)4-5-10(8)11-3-2-6-13-11;1-2/h2-7H,1H3;1-2H3. The van der Waals surface area contributed by atoms with Gasteiger partial charge in [0.05, 0.1) is 0 Å². The monoisotopic (exact) mass is 222 g/mol. The van der Waals surface area contributed by atoms with E-state index in [0.717, 1.165) is 11.1 Å². The van der Waals surface area contributed by atoms with Gasteiger partial charge in [-0.15, -0.1) is 11.3 Å². The Morgan fingerprint density at radius 3 is 2.40 bits per heavy atom. The van der Waals surface area contributed by atoms with Crippen molar-refractivity contribution in [3.63, 3.8) is 0 Å². The number of thiophene rings is 1. The fraction of sp³-hybridized carbons (Fsp3) is 0.231. The lowest BCUT2D eigenvalue weighted by Crippen LogP contribution is -1.81. The Hall–Kier alpha value is -1.15. The molecule has 2 heteroatoms. The van der Waals surface area contributed by atoms with Crippen LogP contribution >= 0.6 is 11.3 Å². The lowest BCUT2D eigenvalue weighted by molar-refractivity contribution is 0.627. The first-order valence-corrected chi connectivity index (χ1v) is 5.95. The summed E-state index contributed by atoms with van der Waals surface area (Å²) in [6, 6.07) is 8.95. The van der Waals surface area contributed by atoms with Crippen molar-refractivity contribution in [1.82, 2.24) is 0 Å². The smallest absolute Gasteiger partial charge is 0.123 e. The van der Waals surface area contributed by atoms with Crippen molar-refractivity contribution in [3.8, 4) is 10.4 Å². The van der Waals surface area contributed by atoms with Crippen molar-refractivity contribution in [3.05, 3.63) is 47.1 Å². The second-order valence-electron chi connectivity index (χ2n) is 2.94. The van der Waals surface area contributed by atoms with Crippen molar-refractivity contribution in [2.45, 2.75) is 20.8 Å². The molecule has 0 amide bonds. The molecule has 2 aromatic rings. The number of rotatable bonds is 1.